The van der Waals surface area contributed by atoms with Crippen molar-refractivity contribution >= 4 is 40.6 Å². The van der Waals surface area contributed by atoms with Gasteiger partial charge >= 0.3 is 0 Å². The molecule has 0 unspecified atom stereocenters. The molecule has 6 nitrogen and oxygen atoms in total. The molecule has 0 bridgehead atoms. The Morgan fingerprint density at radius 1 is 1.35 bits per heavy atom. The summed E-state index contributed by atoms with van der Waals surface area (Å²) < 4.78 is 0. The minimum absolute atomic E-state index is 0.0766. The molecule has 0 fully saturated rings. The molecule has 0 saturated carbocycles. The van der Waals surface area contributed by atoms with Crippen LogP contribution in [0.5, 0.6) is 0 Å². The number of nitrogens with zero attached hydrogens (tertiary/aromatic N) is 2. The number of nitro groups is 1. The van der Waals surface area contributed by atoms with Crippen molar-refractivity contribution < 1.29 is 4.92 Å². The Kier molecular flexibility index (Phi) is 4.38. The van der Waals surface area contributed by atoms with Crippen LogP contribution in [0.2, 0.25) is 0 Å². The van der Waals surface area contributed by atoms with Gasteiger partial charge in [0.25, 0.3) is 5.69 Å². The van der Waals surface area contributed by atoms with Crippen LogP contribution in [-0.2, 0) is 0 Å². The van der Waals surface area contributed by atoms with Crippen LogP contribution in [0.1, 0.15) is 4.88 Å². The third-order valence-corrected chi connectivity index (χ3v) is 3.52. The van der Waals surface area contributed by atoms with Crippen LogP contribution in [0, 0.1) is 10.1 Å². The van der Waals surface area contributed by atoms with Crippen LogP contribution in [0.3, 0.4) is 0 Å². The Hall–Kier alpha value is -2.32. The molecule has 2 aromatic rings. The molecule has 0 aliphatic rings. The fourth-order valence-corrected chi connectivity index (χ4v) is 2.42. The van der Waals surface area contributed by atoms with E-state index in [1.165, 1.54) is 23.5 Å². The number of nitrogens with one attached hydrogen (secondary N) is 1. The number of hydrogen-bond acceptors (Lipinski definition) is 5. The van der Waals surface area contributed by atoms with Crippen LogP contribution < -0.4 is 11.2 Å². The molecule has 0 atom stereocenters. The molecule has 0 aliphatic carbocycles. The van der Waals surface area contributed by atoms with Crippen molar-refractivity contribution in [3.63, 3.8) is 0 Å². The SMILES string of the molecule is NC(=S)N/N=C\c1ccc(-c2ccc([N+](=O)[O-])cc2)s1. The summed E-state index contributed by atoms with van der Waals surface area (Å²) in [5.74, 6) is 0. The lowest BCUT2D eigenvalue weighted by atomic mass is 10.2. The highest BCUT2D eigenvalue weighted by Crippen LogP contribution is 2.28. The van der Waals surface area contributed by atoms with E-state index >= 15 is 0 Å². The molecule has 0 radical (unpaired) electrons. The fraction of sp³-hybridized carbons (Fsp3) is 0. The molecule has 0 aliphatic heterocycles. The van der Waals surface area contributed by atoms with Gasteiger partial charge in [0.2, 0.25) is 0 Å². The number of nitrogens with two attached hydrogens (primary N) is 1. The zero-order valence-electron chi connectivity index (χ0n) is 10.1. The van der Waals surface area contributed by atoms with Gasteiger partial charge in [0, 0.05) is 21.9 Å². The lowest BCUT2D eigenvalue weighted by Crippen LogP contribution is -2.23. The summed E-state index contributed by atoms with van der Waals surface area (Å²) in [4.78, 5) is 12.1. The molecule has 0 saturated heterocycles. The molecule has 102 valence electrons. The van der Waals surface area contributed by atoms with Gasteiger partial charge in [-0.3, -0.25) is 15.5 Å². The first-order valence-electron chi connectivity index (χ1n) is 5.49. The zero-order valence-corrected chi connectivity index (χ0v) is 11.8. The normalized spacial score (nSPS) is 10.6. The summed E-state index contributed by atoms with van der Waals surface area (Å²) in [6.07, 6.45) is 1.61. The molecule has 1 aromatic heterocycles. The molecule has 1 aromatic carbocycles. The number of thiocarbonyl (C=S) groups is 1. The maximum atomic E-state index is 10.6. The maximum absolute atomic E-state index is 10.6. The third-order valence-electron chi connectivity index (χ3n) is 2.36. The van der Waals surface area contributed by atoms with E-state index in [4.69, 9.17) is 5.73 Å². The lowest BCUT2D eigenvalue weighted by Gasteiger charge is -1.96. The Balaban J connectivity index is 2.14. The van der Waals surface area contributed by atoms with Crippen molar-refractivity contribution in [1.82, 2.24) is 5.43 Å². The number of hydrogen-bond donors (Lipinski definition) is 2. The van der Waals surface area contributed by atoms with Gasteiger partial charge in [-0.25, -0.2) is 0 Å². The Morgan fingerprint density at radius 3 is 2.65 bits per heavy atom. The summed E-state index contributed by atoms with van der Waals surface area (Å²) in [5, 5.41) is 14.6. The topological polar surface area (TPSA) is 93.5 Å². The lowest BCUT2D eigenvalue weighted by molar-refractivity contribution is -0.384. The molecule has 1 heterocycles. The summed E-state index contributed by atoms with van der Waals surface area (Å²) in [6, 6.07) is 10.2. The van der Waals surface area contributed by atoms with Crippen LogP contribution in [0.25, 0.3) is 10.4 Å². The molecule has 8 heteroatoms. The van der Waals surface area contributed by atoms with Gasteiger partial charge in [-0.2, -0.15) is 5.10 Å². The molecule has 0 spiro atoms. The number of non-ortho nitro benzene ring substituents is 1. The Labute approximate surface area is 124 Å². The van der Waals surface area contributed by atoms with Gasteiger partial charge in [-0.15, -0.1) is 11.3 Å². The van der Waals surface area contributed by atoms with E-state index in [1.54, 1.807) is 18.3 Å². The summed E-state index contributed by atoms with van der Waals surface area (Å²) >= 11 is 6.14. The second kappa shape index (κ2) is 6.22. The van der Waals surface area contributed by atoms with E-state index in [1.807, 2.05) is 12.1 Å². The number of benzene rings is 1. The summed E-state index contributed by atoms with van der Waals surface area (Å²) in [5.41, 5.74) is 8.72. The van der Waals surface area contributed by atoms with E-state index < -0.39 is 4.92 Å². The van der Waals surface area contributed by atoms with Gasteiger partial charge in [0.15, 0.2) is 5.11 Å². The molecule has 3 N–H and O–H groups in total. The smallest absolute Gasteiger partial charge is 0.269 e. The van der Waals surface area contributed by atoms with Crippen LogP contribution in [-0.4, -0.2) is 16.3 Å². The molecule has 0 amide bonds. The zero-order chi connectivity index (χ0) is 14.5. The van der Waals surface area contributed by atoms with Gasteiger partial charge in [0.05, 0.1) is 11.1 Å². The molecule has 20 heavy (non-hydrogen) atoms. The Bertz CT molecular complexity index is 664. The highest BCUT2D eigenvalue weighted by atomic mass is 32.1. The van der Waals surface area contributed by atoms with E-state index in [0.717, 1.165) is 15.3 Å². The second-order valence-electron chi connectivity index (χ2n) is 3.74. The minimum atomic E-state index is -0.419. The largest absolute Gasteiger partial charge is 0.375 e. The standard InChI is InChI=1S/C12H10N4O2S2/c13-12(19)15-14-7-10-5-6-11(20-10)8-1-3-9(4-2-8)16(17)18/h1-7H,(H3,13,15,19)/b14-7-. The summed E-state index contributed by atoms with van der Waals surface area (Å²) in [6.45, 7) is 0. The molecular formula is C12H10N4O2S2. The van der Waals surface area contributed by atoms with E-state index in [-0.39, 0.29) is 10.8 Å². The predicted molar refractivity (Wildman–Crippen MR) is 83.9 cm³/mol. The van der Waals surface area contributed by atoms with Crippen molar-refractivity contribution in [2.75, 3.05) is 0 Å². The van der Waals surface area contributed by atoms with Crippen molar-refractivity contribution in [2.45, 2.75) is 0 Å². The number of hydrazone groups is 1. The first kappa shape index (κ1) is 14.1. The van der Waals surface area contributed by atoms with E-state index in [2.05, 4.69) is 22.7 Å². The van der Waals surface area contributed by atoms with Gasteiger partial charge in [0.1, 0.15) is 0 Å². The molecular weight excluding hydrogens is 296 g/mol. The van der Waals surface area contributed by atoms with Crippen molar-refractivity contribution in [3.8, 4) is 10.4 Å². The fourth-order valence-electron chi connectivity index (χ4n) is 1.48. The minimum Gasteiger partial charge on any atom is -0.375 e. The first-order valence-corrected chi connectivity index (χ1v) is 6.72. The van der Waals surface area contributed by atoms with Gasteiger partial charge < -0.3 is 5.73 Å². The van der Waals surface area contributed by atoms with Crippen LogP contribution >= 0.6 is 23.6 Å². The van der Waals surface area contributed by atoms with E-state index in [9.17, 15) is 10.1 Å². The van der Waals surface area contributed by atoms with Crippen molar-refractivity contribution in [1.29, 1.82) is 0 Å². The molecule has 2 rings (SSSR count). The van der Waals surface area contributed by atoms with Crippen molar-refractivity contribution in [2.24, 2.45) is 10.8 Å². The van der Waals surface area contributed by atoms with Crippen LogP contribution in [0.4, 0.5) is 5.69 Å². The average molecular weight is 306 g/mol. The van der Waals surface area contributed by atoms with E-state index in [0.29, 0.717) is 0 Å². The van der Waals surface area contributed by atoms with Crippen LogP contribution in [0.15, 0.2) is 41.5 Å². The number of thiophene rings is 1. The van der Waals surface area contributed by atoms with Crippen molar-refractivity contribution in [3.05, 3.63) is 51.4 Å². The number of nitro benzene ring substituents is 1. The maximum Gasteiger partial charge on any atom is 0.269 e. The highest BCUT2D eigenvalue weighted by molar-refractivity contribution is 7.80. The summed E-state index contributed by atoms with van der Waals surface area (Å²) in [7, 11) is 0. The van der Waals surface area contributed by atoms with Gasteiger partial charge in [-0.1, -0.05) is 0 Å². The quantitative estimate of drug-likeness (QED) is 0.392. The van der Waals surface area contributed by atoms with Gasteiger partial charge in [-0.05, 0) is 42.0 Å². The third kappa shape index (κ3) is 3.59. The average Bonchev–Trinajstić information content (AvgIpc) is 2.87. The monoisotopic (exact) mass is 306 g/mol. The highest BCUT2D eigenvalue weighted by Gasteiger charge is 2.06. The number of rotatable bonds is 4. The Morgan fingerprint density at radius 2 is 2.05 bits per heavy atom. The predicted octanol–water partition coefficient (Wildman–Crippen LogP) is 2.49. The first-order chi connectivity index (χ1) is 9.56. The second-order valence-corrected chi connectivity index (χ2v) is 5.30.